The number of nitrogens with one attached hydrogen (secondary N) is 1. The molecule has 1 aliphatic carbocycles. The maximum atomic E-state index is 13.6. The van der Waals surface area contributed by atoms with Crippen LogP contribution in [0.4, 0.5) is 5.69 Å². The Hall–Kier alpha value is -3.27. The number of ether oxygens (including phenoxy) is 2. The van der Waals surface area contributed by atoms with Crippen molar-refractivity contribution in [3.8, 4) is 11.5 Å². The molecule has 2 aliphatic rings. The third-order valence-electron chi connectivity index (χ3n) is 7.56. The fourth-order valence-electron chi connectivity index (χ4n) is 5.23. The molecule has 0 aromatic heterocycles. The Balaban J connectivity index is 1.45. The van der Waals surface area contributed by atoms with E-state index in [-0.39, 0.29) is 30.8 Å². The Bertz CT molecular complexity index is 1270. The number of carbonyl (C=O) groups excluding carboxylic acids is 2. The van der Waals surface area contributed by atoms with E-state index in [1.165, 1.54) is 10.7 Å². The Labute approximate surface area is 237 Å². The van der Waals surface area contributed by atoms with Gasteiger partial charge in [0.25, 0.3) is 0 Å². The topological polar surface area (TPSA) is 105 Å². The summed E-state index contributed by atoms with van der Waals surface area (Å²) in [5.41, 5.74) is 2.51. The second kappa shape index (κ2) is 13.4. The molecule has 0 saturated heterocycles. The third kappa shape index (κ3) is 7.90. The van der Waals surface area contributed by atoms with Crippen LogP contribution in [0.3, 0.4) is 0 Å². The van der Waals surface area contributed by atoms with E-state index in [0.717, 1.165) is 43.1 Å². The number of aryl methyl sites for hydroxylation is 1. The second-order valence-corrected chi connectivity index (χ2v) is 12.7. The van der Waals surface area contributed by atoms with Crippen LogP contribution in [0.25, 0.3) is 0 Å². The molecule has 9 nitrogen and oxygen atoms in total. The Morgan fingerprint density at radius 2 is 1.68 bits per heavy atom. The molecular weight excluding hydrogens is 530 g/mol. The van der Waals surface area contributed by atoms with E-state index in [1.54, 1.807) is 30.0 Å². The van der Waals surface area contributed by atoms with Crippen molar-refractivity contribution in [2.75, 3.05) is 30.3 Å². The molecule has 2 aromatic rings. The van der Waals surface area contributed by atoms with Crippen molar-refractivity contribution in [1.29, 1.82) is 0 Å². The van der Waals surface area contributed by atoms with Crippen LogP contribution in [0.2, 0.25) is 0 Å². The monoisotopic (exact) mass is 571 g/mol. The highest BCUT2D eigenvalue weighted by Crippen LogP contribution is 2.34. The van der Waals surface area contributed by atoms with Gasteiger partial charge in [0.05, 0.1) is 11.9 Å². The summed E-state index contributed by atoms with van der Waals surface area (Å²) in [6, 6.07) is 12.4. The zero-order valence-electron chi connectivity index (χ0n) is 23.7. The molecule has 1 heterocycles. The molecule has 1 aliphatic heterocycles. The summed E-state index contributed by atoms with van der Waals surface area (Å²) >= 11 is 0. The normalized spacial score (nSPS) is 16.2. The van der Waals surface area contributed by atoms with Crippen molar-refractivity contribution in [2.45, 2.75) is 77.4 Å². The van der Waals surface area contributed by atoms with Gasteiger partial charge < -0.3 is 19.7 Å². The van der Waals surface area contributed by atoms with E-state index < -0.39 is 16.1 Å². The van der Waals surface area contributed by atoms with Gasteiger partial charge >= 0.3 is 0 Å². The van der Waals surface area contributed by atoms with Gasteiger partial charge in [-0.1, -0.05) is 49.1 Å². The number of anilines is 1. The van der Waals surface area contributed by atoms with Crippen LogP contribution < -0.4 is 19.1 Å². The molecule has 0 unspecified atom stereocenters. The van der Waals surface area contributed by atoms with Gasteiger partial charge in [-0.2, -0.15) is 0 Å². The van der Waals surface area contributed by atoms with Gasteiger partial charge in [0.1, 0.15) is 19.3 Å². The minimum atomic E-state index is -3.61. The molecule has 1 atom stereocenters. The number of amides is 2. The molecule has 4 rings (SSSR count). The standard InChI is InChI=1S/C30H41N3O6S/c1-22-11-13-24(14-12-22)21-32(23(2)30(35)31-25-8-5-4-6-9-25)29(34)10-7-17-33(40(3,36)37)26-15-16-27-28(20-26)39-19-18-38-27/h11-16,20,23,25H,4-10,17-19,21H2,1-3H3,(H,31,35)/t23-/m0/s1. The van der Waals surface area contributed by atoms with Gasteiger partial charge in [-0.3, -0.25) is 13.9 Å². The summed E-state index contributed by atoms with van der Waals surface area (Å²) in [7, 11) is -3.61. The highest BCUT2D eigenvalue weighted by atomic mass is 32.2. The second-order valence-electron chi connectivity index (χ2n) is 10.8. The van der Waals surface area contributed by atoms with Crippen LogP contribution in [-0.2, 0) is 26.2 Å². The molecular formula is C30H41N3O6S. The van der Waals surface area contributed by atoms with E-state index in [9.17, 15) is 18.0 Å². The van der Waals surface area contributed by atoms with Crippen molar-refractivity contribution in [3.05, 3.63) is 53.6 Å². The molecule has 0 bridgehead atoms. The van der Waals surface area contributed by atoms with E-state index in [2.05, 4.69) is 5.32 Å². The first kappa shape index (κ1) is 29.7. The SMILES string of the molecule is Cc1ccc(CN(C(=O)CCCN(c2ccc3c(c2)OCCO3)S(C)(=O)=O)[C@@H](C)C(=O)NC2CCCCC2)cc1. The maximum Gasteiger partial charge on any atom is 0.242 e. The lowest BCUT2D eigenvalue weighted by Crippen LogP contribution is -2.50. The minimum Gasteiger partial charge on any atom is -0.486 e. The molecule has 1 saturated carbocycles. The first-order valence-corrected chi connectivity index (χ1v) is 16.0. The average Bonchev–Trinajstić information content (AvgIpc) is 2.94. The zero-order valence-corrected chi connectivity index (χ0v) is 24.5. The summed E-state index contributed by atoms with van der Waals surface area (Å²) in [6.45, 7) is 5.03. The Morgan fingerprint density at radius 1 is 1.00 bits per heavy atom. The quantitative estimate of drug-likeness (QED) is 0.434. The molecule has 0 radical (unpaired) electrons. The van der Waals surface area contributed by atoms with Crippen molar-refractivity contribution >= 4 is 27.5 Å². The average molecular weight is 572 g/mol. The summed E-state index contributed by atoms with van der Waals surface area (Å²) in [6.07, 6.45) is 6.86. The van der Waals surface area contributed by atoms with Crippen LogP contribution in [-0.4, -0.2) is 63.2 Å². The number of benzene rings is 2. The first-order valence-electron chi connectivity index (χ1n) is 14.1. The molecule has 10 heteroatoms. The molecule has 1 fully saturated rings. The number of sulfonamides is 1. The van der Waals surface area contributed by atoms with Crippen molar-refractivity contribution < 1.29 is 27.5 Å². The lowest BCUT2D eigenvalue weighted by Gasteiger charge is -2.31. The highest BCUT2D eigenvalue weighted by molar-refractivity contribution is 7.92. The molecule has 218 valence electrons. The van der Waals surface area contributed by atoms with E-state index in [0.29, 0.717) is 43.4 Å². The maximum absolute atomic E-state index is 13.6. The first-order chi connectivity index (χ1) is 19.1. The Morgan fingerprint density at radius 3 is 2.35 bits per heavy atom. The summed E-state index contributed by atoms with van der Waals surface area (Å²) < 4.78 is 37.8. The van der Waals surface area contributed by atoms with Gasteiger partial charge in [-0.25, -0.2) is 8.42 Å². The number of hydrogen-bond acceptors (Lipinski definition) is 6. The summed E-state index contributed by atoms with van der Waals surface area (Å²) in [5.74, 6) is 0.727. The molecule has 2 amide bonds. The van der Waals surface area contributed by atoms with Crippen molar-refractivity contribution in [2.24, 2.45) is 0 Å². The van der Waals surface area contributed by atoms with Crippen LogP contribution >= 0.6 is 0 Å². The molecule has 40 heavy (non-hydrogen) atoms. The van der Waals surface area contributed by atoms with Crippen molar-refractivity contribution in [3.63, 3.8) is 0 Å². The lowest BCUT2D eigenvalue weighted by atomic mass is 9.95. The number of hydrogen-bond donors (Lipinski definition) is 1. The van der Waals surface area contributed by atoms with Gasteiger partial charge in [-0.15, -0.1) is 0 Å². The van der Waals surface area contributed by atoms with Gasteiger partial charge in [0, 0.05) is 31.6 Å². The molecule has 1 N–H and O–H groups in total. The fraction of sp³-hybridized carbons (Fsp3) is 0.533. The highest BCUT2D eigenvalue weighted by Gasteiger charge is 2.28. The Kier molecular flexibility index (Phi) is 9.95. The van der Waals surface area contributed by atoms with Crippen molar-refractivity contribution in [1.82, 2.24) is 10.2 Å². The number of carbonyl (C=O) groups is 2. The third-order valence-corrected chi connectivity index (χ3v) is 8.75. The minimum absolute atomic E-state index is 0.101. The van der Waals surface area contributed by atoms with E-state index >= 15 is 0 Å². The number of rotatable bonds is 11. The predicted octanol–water partition coefficient (Wildman–Crippen LogP) is 4.18. The largest absolute Gasteiger partial charge is 0.486 e. The summed E-state index contributed by atoms with van der Waals surface area (Å²) in [5, 5.41) is 3.15. The number of nitrogens with zero attached hydrogens (tertiary/aromatic N) is 2. The van der Waals surface area contributed by atoms with Gasteiger partial charge in [0.2, 0.25) is 21.8 Å². The predicted molar refractivity (Wildman–Crippen MR) is 155 cm³/mol. The van der Waals surface area contributed by atoms with Gasteiger partial charge in [-0.05, 0) is 50.8 Å². The lowest BCUT2D eigenvalue weighted by molar-refractivity contribution is -0.141. The summed E-state index contributed by atoms with van der Waals surface area (Å²) in [4.78, 5) is 28.4. The molecule has 0 spiro atoms. The zero-order chi connectivity index (χ0) is 28.7. The van der Waals surface area contributed by atoms with E-state index in [1.807, 2.05) is 31.2 Å². The van der Waals surface area contributed by atoms with Crippen LogP contribution in [0.5, 0.6) is 11.5 Å². The van der Waals surface area contributed by atoms with Gasteiger partial charge in [0.15, 0.2) is 11.5 Å². The van der Waals surface area contributed by atoms with Crippen LogP contribution in [0.1, 0.15) is 63.0 Å². The van der Waals surface area contributed by atoms with Crippen LogP contribution in [0, 0.1) is 6.92 Å². The fourth-order valence-corrected chi connectivity index (χ4v) is 6.19. The van der Waals surface area contributed by atoms with E-state index in [4.69, 9.17) is 9.47 Å². The van der Waals surface area contributed by atoms with Crippen LogP contribution in [0.15, 0.2) is 42.5 Å². The number of fused-ring (bicyclic) bond motifs is 1. The molecule has 2 aromatic carbocycles. The smallest absolute Gasteiger partial charge is 0.242 e.